The van der Waals surface area contributed by atoms with Gasteiger partial charge in [-0.15, -0.1) is 0 Å². The molecule has 0 aliphatic carbocycles. The normalized spacial score (nSPS) is 10.9. The predicted molar refractivity (Wildman–Crippen MR) is 87.7 cm³/mol. The number of rotatable bonds is 18. The summed E-state index contributed by atoms with van der Waals surface area (Å²) in [6.45, 7) is 9.74. The zero-order chi connectivity index (χ0) is 17.0. The van der Waals surface area contributed by atoms with Gasteiger partial charge in [-0.1, -0.05) is 13.3 Å². The lowest BCUT2D eigenvalue weighted by atomic mass is 10.4. The van der Waals surface area contributed by atoms with Crippen LogP contribution in [0.25, 0.3) is 0 Å². The molecule has 0 aliphatic rings. The molecule has 0 aromatic carbocycles. The molecular weight excluding hydrogens is 302 g/mol. The van der Waals surface area contributed by atoms with Crippen molar-refractivity contribution in [1.82, 2.24) is 5.32 Å². The third-order valence-electron chi connectivity index (χ3n) is 2.76. The molecule has 0 saturated carbocycles. The van der Waals surface area contributed by atoms with Crippen LogP contribution in [0, 0.1) is 0 Å². The molecule has 0 atom stereocenters. The Morgan fingerprint density at radius 3 is 1.78 bits per heavy atom. The van der Waals surface area contributed by atoms with Gasteiger partial charge in [0.2, 0.25) is 5.91 Å². The highest BCUT2D eigenvalue weighted by Gasteiger charge is 1.99. The molecule has 0 unspecified atom stereocenters. The maximum Gasteiger partial charge on any atom is 0.246 e. The number of carbonyl (C=O) groups is 1. The van der Waals surface area contributed by atoms with Crippen molar-refractivity contribution < 1.29 is 28.5 Å². The summed E-state index contributed by atoms with van der Waals surface area (Å²) in [4.78, 5) is 11.2. The summed E-state index contributed by atoms with van der Waals surface area (Å²) in [6.07, 6.45) is 2.25. The van der Waals surface area contributed by atoms with Gasteiger partial charge >= 0.3 is 0 Å². The summed E-state index contributed by atoms with van der Waals surface area (Å²) in [5, 5.41) is 2.70. The summed E-state index contributed by atoms with van der Waals surface area (Å²) < 4.78 is 26.4. The molecule has 7 heteroatoms. The Labute approximate surface area is 139 Å². The number of amides is 1. The second-order valence-electron chi connectivity index (χ2n) is 4.79. The van der Waals surface area contributed by atoms with E-state index < -0.39 is 0 Å². The van der Waals surface area contributed by atoms with Crippen LogP contribution in [0.2, 0.25) is 0 Å². The van der Waals surface area contributed by atoms with Crippen LogP contribution in [-0.4, -0.2) is 78.5 Å². The van der Waals surface area contributed by atoms with Gasteiger partial charge in [0, 0.05) is 19.8 Å². The molecule has 0 fully saturated rings. The molecule has 0 aromatic rings. The van der Waals surface area contributed by atoms with Gasteiger partial charge in [-0.2, -0.15) is 0 Å². The Morgan fingerprint density at radius 1 is 0.739 bits per heavy atom. The van der Waals surface area contributed by atoms with E-state index in [0.29, 0.717) is 59.4 Å². The Hall–Kier alpha value is -0.730. The maximum atomic E-state index is 11.2. The number of carbonyl (C=O) groups excluding carboxylic acids is 1. The van der Waals surface area contributed by atoms with Crippen LogP contribution in [0.3, 0.4) is 0 Å². The van der Waals surface area contributed by atoms with E-state index in [9.17, 15) is 4.79 Å². The first-order chi connectivity index (χ1) is 11.3. The molecule has 0 aromatic heterocycles. The average molecular weight is 335 g/mol. The number of ether oxygens (including phenoxy) is 5. The fourth-order valence-corrected chi connectivity index (χ4v) is 1.52. The van der Waals surface area contributed by atoms with Crippen molar-refractivity contribution in [2.75, 3.05) is 72.6 Å². The van der Waals surface area contributed by atoms with E-state index in [4.69, 9.17) is 23.7 Å². The number of unbranched alkanes of at least 4 members (excludes halogenated alkanes) is 1. The molecule has 0 aliphatic heterocycles. The molecule has 7 nitrogen and oxygen atoms in total. The van der Waals surface area contributed by atoms with Crippen molar-refractivity contribution in [3.63, 3.8) is 0 Å². The van der Waals surface area contributed by atoms with Crippen LogP contribution in [0.4, 0.5) is 0 Å². The largest absolute Gasteiger partial charge is 0.379 e. The van der Waals surface area contributed by atoms with Crippen LogP contribution in [0.1, 0.15) is 26.7 Å². The zero-order valence-corrected chi connectivity index (χ0v) is 14.6. The molecule has 23 heavy (non-hydrogen) atoms. The standard InChI is InChI=1S/C16H33NO6/c1-3-5-7-20-9-11-22-13-14-23-12-10-21-8-6-17-16(18)15-19-4-2/h3-15H2,1-2H3,(H,17,18). The molecule has 0 saturated heterocycles. The molecule has 138 valence electrons. The van der Waals surface area contributed by atoms with Crippen molar-refractivity contribution in [1.29, 1.82) is 0 Å². The van der Waals surface area contributed by atoms with Crippen molar-refractivity contribution in [3.8, 4) is 0 Å². The van der Waals surface area contributed by atoms with E-state index in [1.54, 1.807) is 0 Å². The fourth-order valence-electron chi connectivity index (χ4n) is 1.52. The summed E-state index contributed by atoms with van der Waals surface area (Å²) in [5.41, 5.74) is 0. The summed E-state index contributed by atoms with van der Waals surface area (Å²) in [7, 11) is 0. The first-order valence-electron chi connectivity index (χ1n) is 8.46. The molecule has 0 radical (unpaired) electrons. The summed E-state index contributed by atoms with van der Waals surface area (Å²) in [6, 6.07) is 0. The van der Waals surface area contributed by atoms with Crippen LogP contribution in [0.15, 0.2) is 0 Å². The molecule has 0 rings (SSSR count). The highest BCUT2D eigenvalue weighted by atomic mass is 16.6. The van der Waals surface area contributed by atoms with Crippen LogP contribution < -0.4 is 5.32 Å². The van der Waals surface area contributed by atoms with Crippen LogP contribution in [0.5, 0.6) is 0 Å². The van der Waals surface area contributed by atoms with Gasteiger partial charge in [0.05, 0.1) is 46.2 Å². The van der Waals surface area contributed by atoms with Crippen molar-refractivity contribution in [2.24, 2.45) is 0 Å². The second-order valence-corrected chi connectivity index (χ2v) is 4.79. The molecule has 0 spiro atoms. The third-order valence-corrected chi connectivity index (χ3v) is 2.76. The topological polar surface area (TPSA) is 75.3 Å². The lowest BCUT2D eigenvalue weighted by Crippen LogP contribution is -2.30. The van der Waals surface area contributed by atoms with Crippen molar-refractivity contribution >= 4 is 5.91 Å². The minimum Gasteiger partial charge on any atom is -0.379 e. The van der Waals surface area contributed by atoms with E-state index in [1.807, 2.05) is 6.92 Å². The van der Waals surface area contributed by atoms with Crippen LogP contribution in [-0.2, 0) is 28.5 Å². The molecule has 1 amide bonds. The van der Waals surface area contributed by atoms with E-state index in [1.165, 1.54) is 0 Å². The quantitative estimate of drug-likeness (QED) is 0.377. The molecule has 0 heterocycles. The number of hydrogen-bond donors (Lipinski definition) is 1. The van der Waals surface area contributed by atoms with E-state index in [2.05, 4.69) is 12.2 Å². The Morgan fingerprint density at radius 2 is 1.26 bits per heavy atom. The first-order valence-corrected chi connectivity index (χ1v) is 8.46. The summed E-state index contributed by atoms with van der Waals surface area (Å²) >= 11 is 0. The Balaban J connectivity index is 3.04. The van der Waals surface area contributed by atoms with Gasteiger partial charge < -0.3 is 29.0 Å². The van der Waals surface area contributed by atoms with Gasteiger partial charge in [-0.3, -0.25) is 4.79 Å². The Kier molecular flexibility index (Phi) is 18.7. The molecular formula is C16H33NO6. The van der Waals surface area contributed by atoms with E-state index in [0.717, 1.165) is 19.4 Å². The van der Waals surface area contributed by atoms with Gasteiger partial charge in [0.25, 0.3) is 0 Å². The van der Waals surface area contributed by atoms with Gasteiger partial charge in [-0.25, -0.2) is 0 Å². The monoisotopic (exact) mass is 335 g/mol. The van der Waals surface area contributed by atoms with Crippen molar-refractivity contribution in [3.05, 3.63) is 0 Å². The minimum atomic E-state index is -0.123. The van der Waals surface area contributed by atoms with E-state index >= 15 is 0 Å². The van der Waals surface area contributed by atoms with Gasteiger partial charge in [0.1, 0.15) is 6.61 Å². The van der Waals surface area contributed by atoms with Crippen molar-refractivity contribution in [2.45, 2.75) is 26.7 Å². The maximum absolute atomic E-state index is 11.2. The lowest BCUT2D eigenvalue weighted by Gasteiger charge is -2.08. The Bertz CT molecular complexity index is 253. The third kappa shape index (κ3) is 19.2. The lowest BCUT2D eigenvalue weighted by molar-refractivity contribution is -0.125. The minimum absolute atomic E-state index is 0.100. The molecule has 1 N–H and O–H groups in total. The summed E-state index contributed by atoms with van der Waals surface area (Å²) in [5.74, 6) is -0.123. The predicted octanol–water partition coefficient (Wildman–Crippen LogP) is 1.01. The number of hydrogen-bond acceptors (Lipinski definition) is 6. The molecule has 0 bridgehead atoms. The average Bonchev–Trinajstić information content (AvgIpc) is 2.56. The highest BCUT2D eigenvalue weighted by Crippen LogP contribution is 1.88. The number of nitrogens with one attached hydrogen (secondary N) is 1. The van der Waals surface area contributed by atoms with Crippen LogP contribution >= 0.6 is 0 Å². The first kappa shape index (κ1) is 22.3. The smallest absolute Gasteiger partial charge is 0.246 e. The van der Waals surface area contributed by atoms with Gasteiger partial charge in [0.15, 0.2) is 0 Å². The fraction of sp³-hybridized carbons (Fsp3) is 0.938. The SMILES string of the molecule is CCCCOCCOCCOCCOCCNC(=O)COCC. The zero-order valence-electron chi connectivity index (χ0n) is 14.6. The van der Waals surface area contributed by atoms with E-state index in [-0.39, 0.29) is 12.5 Å². The second kappa shape index (κ2) is 19.3. The van der Waals surface area contributed by atoms with Gasteiger partial charge in [-0.05, 0) is 13.3 Å². The highest BCUT2D eigenvalue weighted by molar-refractivity contribution is 5.77.